The van der Waals surface area contributed by atoms with Gasteiger partial charge in [-0.25, -0.2) is 0 Å². The van der Waals surface area contributed by atoms with Crippen molar-refractivity contribution in [3.63, 3.8) is 0 Å². The molecule has 1 N–H and O–H groups in total. The monoisotopic (exact) mass is 222 g/mol. The summed E-state index contributed by atoms with van der Waals surface area (Å²) in [5.74, 6) is 0.785. The van der Waals surface area contributed by atoms with E-state index in [1.165, 1.54) is 0 Å². The number of aliphatic hydroxyl groups is 1. The molecule has 1 saturated heterocycles. The summed E-state index contributed by atoms with van der Waals surface area (Å²) < 4.78 is 11.1. The molecule has 0 saturated carbocycles. The third kappa shape index (κ3) is 2.54. The van der Waals surface area contributed by atoms with Gasteiger partial charge in [0.25, 0.3) is 0 Å². The second-order valence-electron chi connectivity index (χ2n) is 4.07. The van der Waals surface area contributed by atoms with E-state index in [-0.39, 0.29) is 6.10 Å². The fraction of sp³-hybridized carbons (Fsp3) is 0.538. The lowest BCUT2D eigenvalue weighted by molar-refractivity contribution is 0.131. The Bertz CT molecular complexity index is 332. The lowest BCUT2D eigenvalue weighted by atomic mass is 10.1. The van der Waals surface area contributed by atoms with Gasteiger partial charge in [0.2, 0.25) is 0 Å². The number of para-hydroxylation sites is 1. The molecular weight excluding hydrogens is 204 g/mol. The van der Waals surface area contributed by atoms with E-state index in [9.17, 15) is 5.11 Å². The minimum absolute atomic E-state index is 0.130. The molecule has 1 fully saturated rings. The van der Waals surface area contributed by atoms with Crippen molar-refractivity contribution < 1.29 is 14.6 Å². The van der Waals surface area contributed by atoms with Crippen LogP contribution in [-0.2, 0) is 4.74 Å². The Balaban J connectivity index is 2.12. The van der Waals surface area contributed by atoms with Gasteiger partial charge in [-0.2, -0.15) is 0 Å². The molecule has 3 heteroatoms. The quantitative estimate of drug-likeness (QED) is 0.849. The van der Waals surface area contributed by atoms with Gasteiger partial charge in [-0.15, -0.1) is 0 Å². The first-order chi connectivity index (χ1) is 7.81. The van der Waals surface area contributed by atoms with Crippen molar-refractivity contribution in [2.75, 3.05) is 13.2 Å². The van der Waals surface area contributed by atoms with E-state index in [0.29, 0.717) is 13.0 Å². The van der Waals surface area contributed by atoms with Crippen LogP contribution in [0.4, 0.5) is 0 Å². The van der Waals surface area contributed by atoms with Gasteiger partial charge in [-0.05, 0) is 12.5 Å². The van der Waals surface area contributed by atoms with Crippen molar-refractivity contribution in [3.8, 4) is 5.75 Å². The zero-order valence-electron chi connectivity index (χ0n) is 9.56. The van der Waals surface area contributed by atoms with Gasteiger partial charge in [-0.1, -0.05) is 25.1 Å². The van der Waals surface area contributed by atoms with Crippen LogP contribution in [0.25, 0.3) is 0 Å². The average Bonchev–Trinajstić information content (AvgIpc) is 2.82. The van der Waals surface area contributed by atoms with Gasteiger partial charge in [-0.3, -0.25) is 0 Å². The SMILES string of the molecule is CCC(O)c1ccccc1OC1CCOC1. The lowest BCUT2D eigenvalue weighted by Crippen LogP contribution is -2.17. The van der Waals surface area contributed by atoms with Gasteiger partial charge in [0.15, 0.2) is 0 Å². The summed E-state index contributed by atoms with van der Waals surface area (Å²) in [6.07, 6.45) is 1.31. The van der Waals surface area contributed by atoms with Crippen LogP contribution < -0.4 is 4.74 Å². The molecule has 1 aromatic rings. The Labute approximate surface area is 96.0 Å². The molecule has 0 aromatic heterocycles. The third-order valence-corrected chi connectivity index (χ3v) is 2.85. The molecule has 2 unspecified atom stereocenters. The molecule has 1 aliphatic rings. The first-order valence-electron chi connectivity index (χ1n) is 5.82. The minimum Gasteiger partial charge on any atom is -0.488 e. The number of rotatable bonds is 4. The van der Waals surface area contributed by atoms with E-state index in [0.717, 1.165) is 24.3 Å². The molecule has 3 nitrogen and oxygen atoms in total. The van der Waals surface area contributed by atoms with E-state index in [2.05, 4.69) is 0 Å². The Hall–Kier alpha value is -1.06. The van der Waals surface area contributed by atoms with Crippen molar-refractivity contribution >= 4 is 0 Å². The van der Waals surface area contributed by atoms with Crippen LogP contribution in [0.3, 0.4) is 0 Å². The standard InChI is InChI=1S/C13H18O3/c1-2-12(14)11-5-3-4-6-13(11)16-10-7-8-15-9-10/h3-6,10,12,14H,2,7-9H2,1H3. The van der Waals surface area contributed by atoms with E-state index in [4.69, 9.17) is 9.47 Å². The first kappa shape index (κ1) is 11.4. The Morgan fingerprint density at radius 1 is 1.50 bits per heavy atom. The van der Waals surface area contributed by atoms with Crippen LogP contribution in [0, 0.1) is 0 Å². The fourth-order valence-electron chi connectivity index (χ4n) is 1.87. The molecule has 2 atom stereocenters. The highest BCUT2D eigenvalue weighted by Crippen LogP contribution is 2.28. The predicted octanol–water partition coefficient (Wildman–Crippen LogP) is 2.30. The Morgan fingerprint density at radius 2 is 2.31 bits per heavy atom. The summed E-state index contributed by atoms with van der Waals surface area (Å²) in [5.41, 5.74) is 0.872. The Kier molecular flexibility index (Phi) is 3.80. The van der Waals surface area contributed by atoms with Gasteiger partial charge in [0.05, 0.1) is 19.3 Å². The zero-order valence-corrected chi connectivity index (χ0v) is 9.56. The van der Waals surface area contributed by atoms with Crippen molar-refractivity contribution in [1.82, 2.24) is 0 Å². The topological polar surface area (TPSA) is 38.7 Å². The van der Waals surface area contributed by atoms with E-state index in [1.807, 2.05) is 31.2 Å². The average molecular weight is 222 g/mol. The second kappa shape index (κ2) is 5.32. The summed E-state index contributed by atoms with van der Waals surface area (Å²) in [5, 5.41) is 9.87. The number of ether oxygens (including phenoxy) is 2. The third-order valence-electron chi connectivity index (χ3n) is 2.85. The van der Waals surface area contributed by atoms with Gasteiger partial charge < -0.3 is 14.6 Å². The molecule has 1 aliphatic heterocycles. The first-order valence-corrected chi connectivity index (χ1v) is 5.82. The number of hydrogen-bond donors (Lipinski definition) is 1. The molecule has 0 amide bonds. The van der Waals surface area contributed by atoms with E-state index < -0.39 is 6.10 Å². The number of hydrogen-bond acceptors (Lipinski definition) is 3. The largest absolute Gasteiger partial charge is 0.488 e. The van der Waals surface area contributed by atoms with Crippen LogP contribution in [-0.4, -0.2) is 24.4 Å². The summed E-state index contributed by atoms with van der Waals surface area (Å²) in [6.45, 7) is 3.37. The molecule has 1 heterocycles. The van der Waals surface area contributed by atoms with Gasteiger partial charge in [0.1, 0.15) is 11.9 Å². The molecule has 0 spiro atoms. The maximum absolute atomic E-state index is 9.87. The number of aliphatic hydroxyl groups excluding tert-OH is 1. The summed E-state index contributed by atoms with van der Waals surface area (Å²) in [7, 11) is 0. The molecule has 1 aromatic carbocycles. The molecule has 2 rings (SSSR count). The fourth-order valence-corrected chi connectivity index (χ4v) is 1.87. The molecule has 16 heavy (non-hydrogen) atoms. The highest BCUT2D eigenvalue weighted by molar-refractivity contribution is 5.35. The zero-order chi connectivity index (χ0) is 11.4. The van der Waals surface area contributed by atoms with Crippen LogP contribution in [0.15, 0.2) is 24.3 Å². The van der Waals surface area contributed by atoms with Crippen LogP contribution in [0.1, 0.15) is 31.4 Å². The van der Waals surface area contributed by atoms with Crippen LogP contribution in [0.2, 0.25) is 0 Å². The molecule has 0 radical (unpaired) electrons. The van der Waals surface area contributed by atoms with Crippen molar-refractivity contribution in [3.05, 3.63) is 29.8 Å². The van der Waals surface area contributed by atoms with Crippen LogP contribution in [0.5, 0.6) is 5.75 Å². The Morgan fingerprint density at radius 3 is 3.00 bits per heavy atom. The molecular formula is C13H18O3. The van der Waals surface area contributed by atoms with E-state index in [1.54, 1.807) is 0 Å². The van der Waals surface area contributed by atoms with Gasteiger partial charge in [0, 0.05) is 12.0 Å². The lowest BCUT2D eigenvalue weighted by Gasteiger charge is -2.17. The summed E-state index contributed by atoms with van der Waals surface area (Å²) in [6, 6.07) is 7.68. The van der Waals surface area contributed by atoms with Crippen LogP contribution >= 0.6 is 0 Å². The number of benzene rings is 1. The molecule has 88 valence electrons. The summed E-state index contributed by atoms with van der Waals surface area (Å²) in [4.78, 5) is 0. The van der Waals surface area contributed by atoms with E-state index >= 15 is 0 Å². The smallest absolute Gasteiger partial charge is 0.125 e. The van der Waals surface area contributed by atoms with Crippen molar-refractivity contribution in [2.24, 2.45) is 0 Å². The van der Waals surface area contributed by atoms with Gasteiger partial charge >= 0.3 is 0 Å². The summed E-state index contributed by atoms with van der Waals surface area (Å²) >= 11 is 0. The predicted molar refractivity (Wildman–Crippen MR) is 61.5 cm³/mol. The maximum atomic E-state index is 9.87. The van der Waals surface area contributed by atoms with Crippen molar-refractivity contribution in [1.29, 1.82) is 0 Å². The molecule has 0 bridgehead atoms. The highest BCUT2D eigenvalue weighted by atomic mass is 16.5. The minimum atomic E-state index is -0.446. The van der Waals surface area contributed by atoms with Crippen molar-refractivity contribution in [2.45, 2.75) is 32.0 Å². The second-order valence-corrected chi connectivity index (χ2v) is 4.07. The highest BCUT2D eigenvalue weighted by Gasteiger charge is 2.19. The maximum Gasteiger partial charge on any atom is 0.125 e. The normalized spacial score (nSPS) is 22.0. The molecule has 0 aliphatic carbocycles.